The van der Waals surface area contributed by atoms with Crippen molar-refractivity contribution >= 4 is 0 Å². The molecule has 1 aliphatic heterocycles. The number of piperidine rings is 1. The van der Waals surface area contributed by atoms with Crippen molar-refractivity contribution in [3.8, 4) is 0 Å². The molecule has 4 rings (SSSR count). The minimum atomic E-state index is 0.0121. The predicted octanol–water partition coefficient (Wildman–Crippen LogP) is 7.89. The summed E-state index contributed by atoms with van der Waals surface area (Å²) in [6.07, 6.45) is 6.26. The third kappa shape index (κ3) is 7.53. The van der Waals surface area contributed by atoms with E-state index in [0.29, 0.717) is 6.10 Å². The number of unbranched alkanes of at least 4 members (excludes halogenated alkanes) is 1. The quantitative estimate of drug-likeness (QED) is 0.295. The SMILES string of the molecule is Cc1ccc([C@@H](OC2CCN(CCCCc3ccc(C(C)(C)C)cc3)CC2)c2ccccc2)cc1. The molecule has 1 fully saturated rings. The molecule has 0 amide bonds. The zero-order valence-corrected chi connectivity index (χ0v) is 22.2. The lowest BCUT2D eigenvalue weighted by Gasteiger charge is -2.34. The van der Waals surface area contributed by atoms with Gasteiger partial charge in [-0.2, -0.15) is 0 Å². The van der Waals surface area contributed by atoms with Crippen molar-refractivity contribution < 1.29 is 4.74 Å². The highest BCUT2D eigenvalue weighted by Crippen LogP contribution is 2.30. The van der Waals surface area contributed by atoms with Crippen molar-refractivity contribution in [1.29, 1.82) is 0 Å². The highest BCUT2D eigenvalue weighted by atomic mass is 16.5. The van der Waals surface area contributed by atoms with Gasteiger partial charge in [0.05, 0.1) is 6.10 Å². The van der Waals surface area contributed by atoms with Crippen LogP contribution in [0.5, 0.6) is 0 Å². The molecule has 2 nitrogen and oxygen atoms in total. The molecule has 0 saturated carbocycles. The van der Waals surface area contributed by atoms with Gasteiger partial charge in [0.2, 0.25) is 0 Å². The highest BCUT2D eigenvalue weighted by molar-refractivity contribution is 5.32. The number of rotatable bonds is 9. The Labute approximate surface area is 213 Å². The fraction of sp³-hybridized carbons (Fsp3) is 0.455. The molecule has 0 unspecified atom stereocenters. The molecule has 1 atom stereocenters. The monoisotopic (exact) mass is 469 g/mol. The maximum absolute atomic E-state index is 6.74. The summed E-state index contributed by atoms with van der Waals surface area (Å²) < 4.78 is 6.74. The summed E-state index contributed by atoms with van der Waals surface area (Å²) in [6, 6.07) is 28.8. The maximum Gasteiger partial charge on any atom is 0.108 e. The van der Waals surface area contributed by atoms with Gasteiger partial charge in [-0.3, -0.25) is 0 Å². The van der Waals surface area contributed by atoms with Crippen molar-refractivity contribution in [1.82, 2.24) is 4.90 Å². The molecule has 0 N–H and O–H groups in total. The molecule has 1 saturated heterocycles. The van der Waals surface area contributed by atoms with Gasteiger partial charge in [-0.25, -0.2) is 0 Å². The van der Waals surface area contributed by atoms with Gasteiger partial charge in [0.15, 0.2) is 0 Å². The Bertz CT molecular complexity index is 1010. The van der Waals surface area contributed by atoms with E-state index in [2.05, 4.69) is 111 Å². The summed E-state index contributed by atoms with van der Waals surface area (Å²) in [6.45, 7) is 12.5. The predicted molar refractivity (Wildman–Crippen MR) is 148 cm³/mol. The molecule has 0 spiro atoms. The minimum absolute atomic E-state index is 0.0121. The molecule has 0 aliphatic carbocycles. The summed E-state index contributed by atoms with van der Waals surface area (Å²) in [7, 11) is 0. The van der Waals surface area contributed by atoms with Gasteiger partial charge in [0.1, 0.15) is 6.10 Å². The molecule has 0 aromatic heterocycles. The summed E-state index contributed by atoms with van der Waals surface area (Å²) in [4.78, 5) is 2.63. The Morgan fingerprint density at radius 3 is 2.06 bits per heavy atom. The second kappa shape index (κ2) is 12.0. The molecule has 3 aromatic rings. The van der Waals surface area contributed by atoms with Crippen molar-refractivity contribution in [3.05, 3.63) is 107 Å². The number of hydrogen-bond acceptors (Lipinski definition) is 2. The van der Waals surface area contributed by atoms with Crippen LogP contribution in [0.15, 0.2) is 78.9 Å². The van der Waals surface area contributed by atoms with E-state index in [4.69, 9.17) is 4.74 Å². The van der Waals surface area contributed by atoms with Crippen molar-refractivity contribution in [2.75, 3.05) is 19.6 Å². The van der Waals surface area contributed by atoms with E-state index in [1.807, 2.05) is 0 Å². The number of ether oxygens (including phenoxy) is 1. The molecule has 1 aliphatic rings. The van der Waals surface area contributed by atoms with Crippen LogP contribution in [0.1, 0.15) is 80.4 Å². The number of likely N-dealkylation sites (tertiary alicyclic amines) is 1. The lowest BCUT2D eigenvalue weighted by Crippen LogP contribution is -2.38. The van der Waals surface area contributed by atoms with E-state index < -0.39 is 0 Å². The van der Waals surface area contributed by atoms with Crippen LogP contribution in [0.3, 0.4) is 0 Å². The van der Waals surface area contributed by atoms with Gasteiger partial charge < -0.3 is 9.64 Å². The van der Waals surface area contributed by atoms with Crippen molar-refractivity contribution in [3.63, 3.8) is 0 Å². The van der Waals surface area contributed by atoms with Crippen LogP contribution >= 0.6 is 0 Å². The molecular weight excluding hydrogens is 426 g/mol. The molecule has 1 heterocycles. The Morgan fingerprint density at radius 1 is 0.800 bits per heavy atom. The van der Waals surface area contributed by atoms with Gasteiger partial charge in [-0.05, 0) is 73.2 Å². The van der Waals surface area contributed by atoms with E-state index in [1.54, 1.807) is 0 Å². The topological polar surface area (TPSA) is 12.5 Å². The van der Waals surface area contributed by atoms with Crippen LogP contribution < -0.4 is 0 Å². The number of benzene rings is 3. The first-order valence-electron chi connectivity index (χ1n) is 13.5. The summed E-state index contributed by atoms with van der Waals surface area (Å²) in [5.74, 6) is 0. The van der Waals surface area contributed by atoms with Crippen molar-refractivity contribution in [2.24, 2.45) is 0 Å². The van der Waals surface area contributed by atoms with E-state index in [9.17, 15) is 0 Å². The van der Waals surface area contributed by atoms with Crippen LogP contribution in [0.4, 0.5) is 0 Å². The molecule has 186 valence electrons. The molecule has 0 radical (unpaired) electrons. The smallest absolute Gasteiger partial charge is 0.108 e. The fourth-order valence-electron chi connectivity index (χ4n) is 5.02. The first-order chi connectivity index (χ1) is 16.9. The number of nitrogens with zero attached hydrogens (tertiary/aromatic N) is 1. The lowest BCUT2D eigenvalue weighted by molar-refractivity contribution is -0.0270. The van der Waals surface area contributed by atoms with Gasteiger partial charge in [0, 0.05) is 13.1 Å². The fourth-order valence-corrected chi connectivity index (χ4v) is 5.02. The third-order valence-corrected chi connectivity index (χ3v) is 7.36. The summed E-state index contributed by atoms with van der Waals surface area (Å²) in [5, 5.41) is 0. The third-order valence-electron chi connectivity index (χ3n) is 7.36. The van der Waals surface area contributed by atoms with Crippen LogP contribution in [0, 0.1) is 6.92 Å². The van der Waals surface area contributed by atoms with Crippen LogP contribution in [0.2, 0.25) is 0 Å². The normalized spacial score (nSPS) is 16.3. The molecule has 3 aromatic carbocycles. The summed E-state index contributed by atoms with van der Waals surface area (Å²) in [5.41, 5.74) is 6.90. The average molecular weight is 470 g/mol. The first kappa shape index (κ1) is 25.7. The highest BCUT2D eigenvalue weighted by Gasteiger charge is 2.24. The van der Waals surface area contributed by atoms with E-state index in [1.165, 1.54) is 53.6 Å². The van der Waals surface area contributed by atoms with E-state index in [0.717, 1.165) is 25.9 Å². The van der Waals surface area contributed by atoms with Crippen molar-refractivity contribution in [2.45, 2.75) is 77.4 Å². The Hall–Kier alpha value is -2.42. The zero-order chi connectivity index (χ0) is 24.7. The molecule has 0 bridgehead atoms. The van der Waals surface area contributed by atoms with Gasteiger partial charge in [-0.1, -0.05) is 105 Å². The van der Waals surface area contributed by atoms with Crippen LogP contribution in [-0.4, -0.2) is 30.6 Å². The number of hydrogen-bond donors (Lipinski definition) is 0. The zero-order valence-electron chi connectivity index (χ0n) is 22.2. The lowest BCUT2D eigenvalue weighted by atomic mass is 9.86. The minimum Gasteiger partial charge on any atom is -0.365 e. The number of aryl methyl sites for hydroxylation is 2. The Kier molecular flexibility index (Phi) is 8.81. The Morgan fingerprint density at radius 2 is 1.43 bits per heavy atom. The second-order valence-corrected chi connectivity index (χ2v) is 11.3. The molecular formula is C33H43NO. The largest absolute Gasteiger partial charge is 0.365 e. The molecule has 2 heteroatoms. The first-order valence-corrected chi connectivity index (χ1v) is 13.5. The van der Waals surface area contributed by atoms with Gasteiger partial charge in [-0.15, -0.1) is 0 Å². The van der Waals surface area contributed by atoms with Gasteiger partial charge >= 0.3 is 0 Å². The standard InChI is InChI=1S/C33H43NO/c1-26-13-17-29(18-14-26)32(28-11-6-5-7-12-28)35-31-21-24-34(25-22-31)23-9-8-10-27-15-19-30(20-16-27)33(2,3)4/h5-7,11-20,31-32H,8-10,21-25H2,1-4H3/t32-/m0/s1. The van der Waals surface area contributed by atoms with Crippen LogP contribution in [0.25, 0.3) is 0 Å². The maximum atomic E-state index is 6.74. The average Bonchev–Trinajstić information content (AvgIpc) is 2.87. The van der Waals surface area contributed by atoms with E-state index in [-0.39, 0.29) is 11.5 Å². The second-order valence-electron chi connectivity index (χ2n) is 11.3. The van der Waals surface area contributed by atoms with E-state index >= 15 is 0 Å². The summed E-state index contributed by atoms with van der Waals surface area (Å²) >= 11 is 0. The molecule has 35 heavy (non-hydrogen) atoms. The van der Waals surface area contributed by atoms with Gasteiger partial charge in [0.25, 0.3) is 0 Å². The Balaban J connectivity index is 1.22. The van der Waals surface area contributed by atoms with Crippen LogP contribution in [-0.2, 0) is 16.6 Å².